The summed E-state index contributed by atoms with van der Waals surface area (Å²) in [6.07, 6.45) is 1.36. The molecule has 6 N–H and O–H groups in total. The number of likely N-dealkylation sites (tertiary alicyclic amines) is 1. The summed E-state index contributed by atoms with van der Waals surface area (Å²) in [6.45, 7) is 1.33. The van der Waals surface area contributed by atoms with E-state index in [4.69, 9.17) is 10.8 Å². The highest BCUT2D eigenvalue weighted by Crippen LogP contribution is 2.19. The Labute approximate surface area is 168 Å². The van der Waals surface area contributed by atoms with E-state index in [1.807, 2.05) is 0 Å². The predicted molar refractivity (Wildman–Crippen MR) is 103 cm³/mol. The van der Waals surface area contributed by atoms with Crippen LogP contribution in [0, 0.1) is 0 Å². The first kappa shape index (κ1) is 22.2. The van der Waals surface area contributed by atoms with Crippen LogP contribution in [0.1, 0.15) is 25.3 Å². The number of nitrogens with zero attached hydrogens (tertiary/aromatic N) is 1. The lowest BCUT2D eigenvalue weighted by Gasteiger charge is -2.26. The van der Waals surface area contributed by atoms with E-state index in [9.17, 15) is 24.3 Å². The zero-order valence-corrected chi connectivity index (χ0v) is 16.1. The maximum absolute atomic E-state index is 12.7. The summed E-state index contributed by atoms with van der Waals surface area (Å²) in [7, 11) is 0. The second kappa shape index (κ2) is 9.87. The average molecular weight is 406 g/mol. The molecule has 3 amide bonds. The summed E-state index contributed by atoms with van der Waals surface area (Å²) in [5, 5.41) is 22.8. The van der Waals surface area contributed by atoms with Crippen LogP contribution in [-0.2, 0) is 25.6 Å². The number of carbonyl (C=O) groups is 4. The molecule has 2 rings (SSSR count). The first-order valence-corrected chi connectivity index (χ1v) is 9.33. The number of nitrogens with two attached hydrogens (primary N) is 1. The summed E-state index contributed by atoms with van der Waals surface area (Å²) >= 11 is 0. The van der Waals surface area contributed by atoms with Crippen LogP contribution in [0.5, 0.6) is 5.75 Å². The van der Waals surface area contributed by atoms with E-state index in [2.05, 4.69) is 10.6 Å². The first-order chi connectivity index (χ1) is 13.7. The van der Waals surface area contributed by atoms with Gasteiger partial charge in [-0.25, -0.2) is 0 Å². The molecule has 0 spiro atoms. The van der Waals surface area contributed by atoms with Crippen molar-refractivity contribution < 1.29 is 29.4 Å². The lowest BCUT2D eigenvalue weighted by molar-refractivity contribution is -0.141. The molecule has 10 nitrogen and oxygen atoms in total. The molecular weight excluding hydrogens is 380 g/mol. The number of benzene rings is 1. The van der Waals surface area contributed by atoms with Gasteiger partial charge in [0.2, 0.25) is 17.7 Å². The lowest BCUT2D eigenvalue weighted by atomic mass is 10.0. The molecule has 1 heterocycles. The molecule has 1 aromatic carbocycles. The second-order valence-corrected chi connectivity index (χ2v) is 7.01. The van der Waals surface area contributed by atoms with Crippen molar-refractivity contribution in [2.45, 2.75) is 44.3 Å². The average Bonchev–Trinajstić information content (AvgIpc) is 3.17. The van der Waals surface area contributed by atoms with Crippen LogP contribution in [0.15, 0.2) is 24.3 Å². The molecule has 0 aliphatic carbocycles. The van der Waals surface area contributed by atoms with Gasteiger partial charge in [0, 0.05) is 6.54 Å². The van der Waals surface area contributed by atoms with Crippen molar-refractivity contribution >= 4 is 23.7 Å². The normalized spacial score (nSPS) is 18.0. The molecule has 3 unspecified atom stereocenters. The SMILES string of the molecule is CC(NC(=O)CNC(=O)C1CCCN1C(=O)C(N)Cc1ccc(O)cc1)C(=O)O. The zero-order chi connectivity index (χ0) is 21.6. The summed E-state index contributed by atoms with van der Waals surface area (Å²) in [4.78, 5) is 49.0. The first-order valence-electron chi connectivity index (χ1n) is 9.33. The Hall–Kier alpha value is -3.14. The van der Waals surface area contributed by atoms with Crippen molar-refractivity contribution in [3.05, 3.63) is 29.8 Å². The zero-order valence-electron chi connectivity index (χ0n) is 16.1. The lowest BCUT2D eigenvalue weighted by Crippen LogP contribution is -2.53. The number of aromatic hydroxyl groups is 1. The molecule has 29 heavy (non-hydrogen) atoms. The molecule has 1 aromatic rings. The van der Waals surface area contributed by atoms with Crippen molar-refractivity contribution in [2.75, 3.05) is 13.1 Å². The highest BCUT2D eigenvalue weighted by molar-refractivity contribution is 5.93. The van der Waals surface area contributed by atoms with E-state index < -0.39 is 35.9 Å². The Balaban J connectivity index is 1.89. The molecule has 0 bridgehead atoms. The number of aliphatic carboxylic acids is 1. The van der Waals surface area contributed by atoms with E-state index in [0.717, 1.165) is 5.56 Å². The third-order valence-electron chi connectivity index (χ3n) is 4.72. The number of amides is 3. The second-order valence-electron chi connectivity index (χ2n) is 7.01. The van der Waals surface area contributed by atoms with E-state index in [1.54, 1.807) is 12.1 Å². The molecule has 1 aliphatic heterocycles. The number of carboxylic acids is 1. The Morgan fingerprint density at radius 2 is 1.90 bits per heavy atom. The van der Waals surface area contributed by atoms with Crippen LogP contribution >= 0.6 is 0 Å². The Kier molecular flexibility index (Phi) is 7.54. The topological polar surface area (TPSA) is 162 Å². The summed E-state index contributed by atoms with van der Waals surface area (Å²) in [5.74, 6) is -2.54. The molecule has 1 aliphatic rings. The van der Waals surface area contributed by atoms with Gasteiger partial charge in [0.25, 0.3) is 0 Å². The van der Waals surface area contributed by atoms with Crippen LogP contribution < -0.4 is 16.4 Å². The van der Waals surface area contributed by atoms with Crippen molar-refractivity contribution in [1.82, 2.24) is 15.5 Å². The number of phenols is 1. The van der Waals surface area contributed by atoms with Gasteiger partial charge >= 0.3 is 5.97 Å². The van der Waals surface area contributed by atoms with Crippen LogP contribution in [0.2, 0.25) is 0 Å². The highest BCUT2D eigenvalue weighted by Gasteiger charge is 2.36. The molecule has 0 saturated carbocycles. The molecule has 1 fully saturated rings. The standard InChI is InChI=1S/C19H26N4O6/c1-11(19(28)29)22-16(25)10-21-17(26)15-3-2-8-23(15)18(27)14(20)9-12-4-6-13(24)7-5-12/h4-7,11,14-15,24H,2-3,8-10,20H2,1H3,(H,21,26)(H,22,25)(H,28,29). The van der Waals surface area contributed by atoms with Gasteiger partial charge in [0.15, 0.2) is 0 Å². The number of rotatable bonds is 8. The van der Waals surface area contributed by atoms with Crippen LogP contribution in [-0.4, -0.2) is 70.0 Å². The summed E-state index contributed by atoms with van der Waals surface area (Å²) < 4.78 is 0. The van der Waals surface area contributed by atoms with Gasteiger partial charge in [0.1, 0.15) is 17.8 Å². The maximum Gasteiger partial charge on any atom is 0.325 e. The molecular formula is C19H26N4O6. The third kappa shape index (κ3) is 6.18. The Morgan fingerprint density at radius 3 is 2.52 bits per heavy atom. The van der Waals surface area contributed by atoms with Crippen molar-refractivity contribution in [3.8, 4) is 5.75 Å². The van der Waals surface area contributed by atoms with Gasteiger partial charge in [-0.2, -0.15) is 0 Å². The van der Waals surface area contributed by atoms with Crippen LogP contribution in [0.3, 0.4) is 0 Å². The monoisotopic (exact) mass is 406 g/mol. The largest absolute Gasteiger partial charge is 0.508 e. The maximum atomic E-state index is 12.7. The van der Waals surface area contributed by atoms with Crippen LogP contribution in [0.25, 0.3) is 0 Å². The van der Waals surface area contributed by atoms with Gasteiger partial charge in [-0.3, -0.25) is 19.2 Å². The number of hydrogen-bond donors (Lipinski definition) is 5. The van der Waals surface area contributed by atoms with Gasteiger partial charge in [-0.1, -0.05) is 12.1 Å². The van der Waals surface area contributed by atoms with Gasteiger partial charge in [-0.15, -0.1) is 0 Å². The van der Waals surface area contributed by atoms with Gasteiger partial charge < -0.3 is 31.5 Å². The fraction of sp³-hybridized carbons (Fsp3) is 0.474. The van der Waals surface area contributed by atoms with E-state index in [0.29, 0.717) is 19.4 Å². The third-order valence-corrected chi connectivity index (χ3v) is 4.72. The predicted octanol–water partition coefficient (Wildman–Crippen LogP) is -1.04. The molecule has 0 aromatic heterocycles. The molecule has 158 valence electrons. The Bertz CT molecular complexity index is 766. The minimum atomic E-state index is -1.18. The van der Waals surface area contributed by atoms with E-state index >= 15 is 0 Å². The number of nitrogens with one attached hydrogen (secondary N) is 2. The fourth-order valence-electron chi connectivity index (χ4n) is 3.13. The fourth-order valence-corrected chi connectivity index (χ4v) is 3.13. The number of carboxylic acid groups (broad SMARTS) is 1. The quantitative estimate of drug-likeness (QED) is 0.368. The minimum Gasteiger partial charge on any atom is -0.508 e. The Morgan fingerprint density at radius 1 is 1.24 bits per heavy atom. The van der Waals surface area contributed by atoms with E-state index in [1.165, 1.54) is 24.0 Å². The smallest absolute Gasteiger partial charge is 0.325 e. The van der Waals surface area contributed by atoms with Crippen molar-refractivity contribution in [2.24, 2.45) is 5.73 Å². The summed E-state index contributed by atoms with van der Waals surface area (Å²) in [6, 6.07) is 3.73. The minimum absolute atomic E-state index is 0.117. The van der Waals surface area contributed by atoms with Gasteiger partial charge in [0.05, 0.1) is 12.6 Å². The molecule has 0 radical (unpaired) electrons. The molecule has 1 saturated heterocycles. The van der Waals surface area contributed by atoms with Crippen molar-refractivity contribution in [1.29, 1.82) is 0 Å². The number of carbonyl (C=O) groups excluding carboxylic acids is 3. The number of hydrogen-bond acceptors (Lipinski definition) is 6. The number of phenolic OH excluding ortho intramolecular Hbond substituents is 1. The van der Waals surface area contributed by atoms with E-state index in [-0.39, 0.29) is 24.6 Å². The highest BCUT2D eigenvalue weighted by atomic mass is 16.4. The van der Waals surface area contributed by atoms with Gasteiger partial charge in [-0.05, 0) is 43.9 Å². The summed E-state index contributed by atoms with van der Waals surface area (Å²) in [5.41, 5.74) is 6.81. The molecule has 3 atom stereocenters. The molecule has 10 heteroatoms. The van der Waals surface area contributed by atoms with Crippen LogP contribution in [0.4, 0.5) is 0 Å². The van der Waals surface area contributed by atoms with Crippen molar-refractivity contribution in [3.63, 3.8) is 0 Å².